The van der Waals surface area contributed by atoms with Crippen LogP contribution in [0.1, 0.15) is 18.5 Å². The minimum atomic E-state index is -0.524. The second-order valence-electron chi connectivity index (χ2n) is 5.40. The largest absolute Gasteiger partial charge is 0.460 e. The molecule has 1 atom stereocenters. The van der Waals surface area contributed by atoms with Crippen molar-refractivity contribution in [3.63, 3.8) is 0 Å². The number of esters is 1. The number of methoxy groups -OCH3 is 1. The molecular formula is C16H16Cl2N4O3. The molecule has 132 valence electrons. The zero-order chi connectivity index (χ0) is 18.0. The lowest BCUT2D eigenvalue weighted by atomic mass is 9.96. The summed E-state index contributed by atoms with van der Waals surface area (Å²) in [5.41, 5.74) is 1.81. The number of anilines is 1. The fraction of sp³-hybridized carbons (Fsp3) is 0.312. The van der Waals surface area contributed by atoms with E-state index >= 15 is 0 Å². The fourth-order valence-electron chi connectivity index (χ4n) is 2.64. The molecule has 1 aliphatic rings. The molecule has 3 rings (SSSR count). The van der Waals surface area contributed by atoms with Gasteiger partial charge in [0, 0.05) is 12.8 Å². The first-order chi connectivity index (χ1) is 12.0. The summed E-state index contributed by atoms with van der Waals surface area (Å²) in [7, 11) is 1.54. The third-order valence-corrected chi connectivity index (χ3v) is 4.53. The fourth-order valence-corrected chi connectivity index (χ4v) is 2.95. The number of fused-ring (bicyclic) bond motifs is 1. The van der Waals surface area contributed by atoms with Crippen LogP contribution in [0.25, 0.3) is 0 Å². The molecule has 0 amide bonds. The van der Waals surface area contributed by atoms with E-state index in [1.807, 2.05) is 0 Å². The highest BCUT2D eigenvalue weighted by Crippen LogP contribution is 2.37. The number of carbonyl (C=O) groups excluding carboxylic acids is 1. The SMILES string of the molecule is COCCOC(=O)C1=C(C)Nc2ncnn2[C@@H]1c1ccc(Cl)c(Cl)c1. The van der Waals surface area contributed by atoms with Crippen molar-refractivity contribution in [2.75, 3.05) is 25.6 Å². The molecule has 25 heavy (non-hydrogen) atoms. The molecule has 0 bridgehead atoms. The normalized spacial score (nSPS) is 16.4. The molecule has 0 saturated carbocycles. The number of ether oxygens (including phenoxy) is 2. The number of hydrogen-bond donors (Lipinski definition) is 1. The van der Waals surface area contributed by atoms with Gasteiger partial charge >= 0.3 is 5.97 Å². The Morgan fingerprint density at radius 3 is 2.84 bits per heavy atom. The Hall–Kier alpha value is -2.09. The van der Waals surface area contributed by atoms with E-state index in [-0.39, 0.29) is 6.61 Å². The van der Waals surface area contributed by atoms with Gasteiger partial charge in [-0.1, -0.05) is 29.3 Å². The monoisotopic (exact) mass is 382 g/mol. The van der Waals surface area contributed by atoms with Crippen molar-refractivity contribution >= 4 is 35.1 Å². The zero-order valence-electron chi connectivity index (χ0n) is 13.6. The van der Waals surface area contributed by atoms with E-state index in [1.54, 1.807) is 36.9 Å². The second-order valence-corrected chi connectivity index (χ2v) is 6.21. The number of carbonyl (C=O) groups is 1. The van der Waals surface area contributed by atoms with Crippen LogP contribution in [-0.2, 0) is 14.3 Å². The molecule has 0 saturated heterocycles. The Labute approximate surface area is 154 Å². The number of halogens is 2. The Morgan fingerprint density at radius 2 is 2.12 bits per heavy atom. The summed E-state index contributed by atoms with van der Waals surface area (Å²) < 4.78 is 11.8. The number of allylic oxidation sites excluding steroid dienone is 1. The topological polar surface area (TPSA) is 78.3 Å². The lowest BCUT2D eigenvalue weighted by Crippen LogP contribution is -2.30. The number of benzene rings is 1. The van der Waals surface area contributed by atoms with Gasteiger partial charge in [0.05, 0.1) is 22.2 Å². The van der Waals surface area contributed by atoms with Crippen LogP contribution in [0.3, 0.4) is 0 Å². The van der Waals surface area contributed by atoms with Gasteiger partial charge in [0.2, 0.25) is 5.95 Å². The van der Waals surface area contributed by atoms with Gasteiger partial charge in [-0.2, -0.15) is 10.1 Å². The molecule has 1 aliphatic heterocycles. The molecule has 1 N–H and O–H groups in total. The second kappa shape index (κ2) is 7.43. The molecule has 0 radical (unpaired) electrons. The smallest absolute Gasteiger partial charge is 0.338 e. The van der Waals surface area contributed by atoms with Crippen LogP contribution < -0.4 is 5.32 Å². The van der Waals surface area contributed by atoms with E-state index in [9.17, 15) is 4.79 Å². The lowest BCUT2D eigenvalue weighted by Gasteiger charge is -2.28. The lowest BCUT2D eigenvalue weighted by molar-refractivity contribution is -0.140. The average molecular weight is 383 g/mol. The highest BCUT2D eigenvalue weighted by molar-refractivity contribution is 6.42. The van der Waals surface area contributed by atoms with Crippen molar-refractivity contribution in [2.24, 2.45) is 0 Å². The third-order valence-electron chi connectivity index (χ3n) is 3.79. The van der Waals surface area contributed by atoms with E-state index in [0.29, 0.717) is 33.9 Å². The maximum Gasteiger partial charge on any atom is 0.338 e. The van der Waals surface area contributed by atoms with E-state index in [4.69, 9.17) is 32.7 Å². The standard InChI is InChI=1S/C16H16Cl2N4O3/c1-9-13(15(23)25-6-5-24-2)14(22-16(21-9)19-8-20-22)10-3-4-11(17)12(18)7-10/h3-4,7-8,14H,5-6H2,1-2H3,(H,19,20,21)/t14-/m1/s1. The summed E-state index contributed by atoms with van der Waals surface area (Å²) in [6.07, 6.45) is 1.42. The first-order valence-electron chi connectivity index (χ1n) is 7.51. The Bertz CT molecular complexity index is 835. The maximum atomic E-state index is 12.7. The molecule has 0 spiro atoms. The first-order valence-corrected chi connectivity index (χ1v) is 8.26. The summed E-state index contributed by atoms with van der Waals surface area (Å²) in [4.78, 5) is 16.8. The van der Waals surface area contributed by atoms with Crippen molar-refractivity contribution < 1.29 is 14.3 Å². The third kappa shape index (κ3) is 3.49. The van der Waals surface area contributed by atoms with Gasteiger partial charge in [-0.15, -0.1) is 0 Å². The van der Waals surface area contributed by atoms with Gasteiger partial charge in [-0.05, 0) is 24.6 Å². The van der Waals surface area contributed by atoms with E-state index in [1.165, 1.54) is 6.33 Å². The highest BCUT2D eigenvalue weighted by Gasteiger charge is 2.34. The van der Waals surface area contributed by atoms with Crippen molar-refractivity contribution in [2.45, 2.75) is 13.0 Å². The number of nitrogens with one attached hydrogen (secondary N) is 1. The molecule has 1 aromatic carbocycles. The summed E-state index contributed by atoms with van der Waals surface area (Å²) in [6.45, 7) is 2.26. The molecule has 1 aromatic heterocycles. The minimum absolute atomic E-state index is 0.157. The van der Waals surface area contributed by atoms with Crippen LogP contribution in [0.4, 0.5) is 5.95 Å². The maximum absolute atomic E-state index is 12.7. The van der Waals surface area contributed by atoms with Crippen LogP contribution in [0.5, 0.6) is 0 Å². The molecule has 0 unspecified atom stereocenters. The van der Waals surface area contributed by atoms with E-state index in [2.05, 4.69) is 15.4 Å². The van der Waals surface area contributed by atoms with Crippen LogP contribution >= 0.6 is 23.2 Å². The van der Waals surface area contributed by atoms with Crippen molar-refractivity contribution in [3.8, 4) is 0 Å². The van der Waals surface area contributed by atoms with Crippen molar-refractivity contribution in [3.05, 3.63) is 51.4 Å². The van der Waals surface area contributed by atoms with Crippen molar-refractivity contribution in [1.82, 2.24) is 14.8 Å². The number of rotatable bonds is 5. The van der Waals surface area contributed by atoms with Crippen LogP contribution in [0.2, 0.25) is 10.0 Å². The molecule has 2 heterocycles. The summed E-state index contributed by atoms with van der Waals surface area (Å²) in [5.74, 6) is 0.0706. The Kier molecular flexibility index (Phi) is 5.27. The molecule has 0 aliphatic carbocycles. The highest BCUT2D eigenvalue weighted by atomic mass is 35.5. The molecule has 0 fully saturated rings. The number of aromatic nitrogens is 3. The molecule has 2 aromatic rings. The van der Waals surface area contributed by atoms with E-state index < -0.39 is 12.0 Å². The van der Waals surface area contributed by atoms with Crippen LogP contribution in [0, 0.1) is 0 Å². The van der Waals surface area contributed by atoms with Crippen molar-refractivity contribution in [1.29, 1.82) is 0 Å². The number of nitrogens with zero attached hydrogens (tertiary/aromatic N) is 3. The number of hydrogen-bond acceptors (Lipinski definition) is 6. The predicted octanol–water partition coefficient (Wildman–Crippen LogP) is 3.06. The first kappa shape index (κ1) is 17.7. The Morgan fingerprint density at radius 1 is 1.32 bits per heavy atom. The average Bonchev–Trinajstić information content (AvgIpc) is 3.04. The summed E-state index contributed by atoms with van der Waals surface area (Å²) in [6, 6.07) is 4.66. The van der Waals surface area contributed by atoms with Gasteiger partial charge in [-0.3, -0.25) is 0 Å². The van der Waals surface area contributed by atoms with Gasteiger partial charge in [-0.25, -0.2) is 9.48 Å². The molecular weight excluding hydrogens is 367 g/mol. The van der Waals surface area contributed by atoms with Crippen LogP contribution in [-0.4, -0.2) is 41.1 Å². The van der Waals surface area contributed by atoms with Crippen LogP contribution in [0.15, 0.2) is 35.8 Å². The predicted molar refractivity (Wildman–Crippen MR) is 93.8 cm³/mol. The zero-order valence-corrected chi connectivity index (χ0v) is 15.1. The van der Waals surface area contributed by atoms with Gasteiger partial charge in [0.25, 0.3) is 0 Å². The molecule has 7 nitrogen and oxygen atoms in total. The minimum Gasteiger partial charge on any atom is -0.460 e. The summed E-state index contributed by atoms with van der Waals surface area (Å²) in [5, 5.41) is 8.12. The Balaban J connectivity index is 2.03. The molecule has 9 heteroatoms. The quantitative estimate of drug-likeness (QED) is 0.632. The van der Waals surface area contributed by atoms with Gasteiger partial charge in [0.15, 0.2) is 0 Å². The van der Waals surface area contributed by atoms with E-state index in [0.717, 1.165) is 5.56 Å². The van der Waals surface area contributed by atoms with Gasteiger partial charge in [0.1, 0.15) is 19.0 Å². The van der Waals surface area contributed by atoms with Gasteiger partial charge < -0.3 is 14.8 Å². The summed E-state index contributed by atoms with van der Waals surface area (Å²) >= 11 is 12.2.